The summed E-state index contributed by atoms with van der Waals surface area (Å²) in [5.41, 5.74) is 4.94. The maximum absolute atomic E-state index is 13.4. The third kappa shape index (κ3) is 4.60. The molecule has 3 aromatic rings. The highest BCUT2D eigenvalue weighted by molar-refractivity contribution is 7.85. The van der Waals surface area contributed by atoms with Crippen LogP contribution in [0.5, 0.6) is 17.4 Å². The minimum absolute atomic E-state index is 0.168. The normalized spacial score (nSPS) is 14.5. The number of methoxy groups -OCH3 is 1. The number of hydrogen-bond acceptors (Lipinski definition) is 7. The molecule has 0 saturated carbocycles. The van der Waals surface area contributed by atoms with Crippen LogP contribution in [0.2, 0.25) is 0 Å². The highest BCUT2D eigenvalue weighted by Crippen LogP contribution is 2.44. The van der Waals surface area contributed by atoms with Gasteiger partial charge < -0.3 is 24.8 Å². The van der Waals surface area contributed by atoms with E-state index in [4.69, 9.17) is 9.47 Å². The Kier molecular flexibility index (Phi) is 7.38. The average Bonchev–Trinajstić information content (AvgIpc) is 2.84. The van der Waals surface area contributed by atoms with Gasteiger partial charge in [-0.25, -0.2) is 9.19 Å². The van der Waals surface area contributed by atoms with Gasteiger partial charge in [-0.05, 0) is 63.1 Å². The summed E-state index contributed by atoms with van der Waals surface area (Å²) in [7, 11) is 0.174. The zero-order valence-electron chi connectivity index (χ0n) is 20.1. The van der Waals surface area contributed by atoms with E-state index in [2.05, 4.69) is 29.0 Å². The number of nitrogens with zero attached hydrogens (tertiary/aromatic N) is 2. The number of aryl methyl sites for hydroxylation is 1. The fraction of sp³-hybridized carbons (Fsp3) is 0.346. The first-order chi connectivity index (χ1) is 16.5. The third-order valence-electron chi connectivity index (χ3n) is 6.06. The highest BCUT2D eigenvalue weighted by Gasteiger charge is 2.31. The number of fused-ring (bicyclic) bond motifs is 2. The summed E-state index contributed by atoms with van der Waals surface area (Å²) in [4.78, 5) is 7.58. The number of hydrogen-bond donors (Lipinski definition) is 2. The van der Waals surface area contributed by atoms with Crippen LogP contribution in [-0.4, -0.2) is 41.1 Å². The summed E-state index contributed by atoms with van der Waals surface area (Å²) < 4.78 is 24.2. The minimum atomic E-state index is -1.37. The van der Waals surface area contributed by atoms with Gasteiger partial charge in [0.05, 0.1) is 30.0 Å². The number of aromatic nitrogens is 1. The third-order valence-corrected chi connectivity index (χ3v) is 7.44. The van der Waals surface area contributed by atoms with Crippen molar-refractivity contribution in [2.45, 2.75) is 43.7 Å². The van der Waals surface area contributed by atoms with Gasteiger partial charge in [-0.1, -0.05) is 18.2 Å². The number of pyridine rings is 1. The van der Waals surface area contributed by atoms with Gasteiger partial charge in [-0.15, -0.1) is 0 Å². The topological polar surface area (TPSA) is 83.9 Å². The number of anilines is 2. The summed E-state index contributed by atoms with van der Waals surface area (Å²) in [6.45, 7) is 8.58. The van der Waals surface area contributed by atoms with Crippen LogP contribution in [-0.2, 0) is 17.3 Å². The Balaban J connectivity index is 1.53. The first-order valence-corrected chi connectivity index (χ1v) is 12.6. The lowest BCUT2D eigenvalue weighted by molar-refractivity contribution is 0.324. The number of phenolic OH excluding ortho intramolecular Hbond substituents is 1. The van der Waals surface area contributed by atoms with Crippen molar-refractivity contribution in [2.75, 3.05) is 31.7 Å². The standard InChI is InChI=1S/C26H31N3O4S/c1-5-33-23-13-11-20-26(28-23)34(31)22-12-10-17(2)18(3)24(22)29(20)15-7-14-27-16-19-8-6-9-21(32-4)25(19)30/h6,8-13,27,30H,5,7,14-16H2,1-4H3. The highest BCUT2D eigenvalue weighted by atomic mass is 32.2. The molecule has 1 aliphatic heterocycles. The van der Waals surface area contributed by atoms with Crippen molar-refractivity contribution in [3.05, 3.63) is 59.2 Å². The fourth-order valence-corrected chi connectivity index (χ4v) is 5.54. The van der Waals surface area contributed by atoms with Crippen molar-refractivity contribution in [3.63, 3.8) is 0 Å². The Morgan fingerprint density at radius 3 is 2.74 bits per heavy atom. The molecule has 0 radical (unpaired) electrons. The SMILES string of the molecule is CCOc1ccc2c(n1)S(=O)c1ccc(C)c(C)c1N2CCCNCc1cccc(OC)c1O. The van der Waals surface area contributed by atoms with Gasteiger partial charge in [-0.3, -0.25) is 0 Å². The molecule has 4 rings (SSSR count). The molecule has 1 atom stereocenters. The van der Waals surface area contributed by atoms with Gasteiger partial charge in [0.1, 0.15) is 10.8 Å². The minimum Gasteiger partial charge on any atom is -0.504 e. The summed E-state index contributed by atoms with van der Waals surface area (Å²) in [6, 6.07) is 13.2. The van der Waals surface area contributed by atoms with E-state index in [0.29, 0.717) is 29.8 Å². The van der Waals surface area contributed by atoms with Crippen LogP contribution < -0.4 is 19.7 Å². The van der Waals surface area contributed by atoms with Crippen molar-refractivity contribution in [2.24, 2.45) is 0 Å². The molecule has 1 unspecified atom stereocenters. The predicted octanol–water partition coefficient (Wildman–Crippen LogP) is 4.61. The Morgan fingerprint density at radius 1 is 1.15 bits per heavy atom. The van der Waals surface area contributed by atoms with Crippen molar-refractivity contribution < 1.29 is 18.8 Å². The second-order valence-electron chi connectivity index (χ2n) is 8.18. The Bertz CT molecular complexity index is 1210. The van der Waals surface area contributed by atoms with E-state index in [9.17, 15) is 9.32 Å². The lowest BCUT2D eigenvalue weighted by Gasteiger charge is -2.34. The van der Waals surface area contributed by atoms with Gasteiger partial charge in [0.25, 0.3) is 0 Å². The molecule has 0 aliphatic carbocycles. The number of phenols is 1. The molecule has 0 spiro atoms. The number of rotatable bonds is 9. The molecule has 1 aromatic heterocycles. The Labute approximate surface area is 203 Å². The molecule has 34 heavy (non-hydrogen) atoms. The average molecular weight is 482 g/mol. The number of benzene rings is 2. The van der Waals surface area contributed by atoms with Crippen LogP contribution in [0.1, 0.15) is 30.0 Å². The van der Waals surface area contributed by atoms with E-state index >= 15 is 0 Å². The van der Waals surface area contributed by atoms with E-state index in [-0.39, 0.29) is 5.75 Å². The smallest absolute Gasteiger partial charge is 0.214 e. The first kappa shape index (κ1) is 24.0. The van der Waals surface area contributed by atoms with Gasteiger partial charge in [0.2, 0.25) is 5.88 Å². The second kappa shape index (κ2) is 10.4. The zero-order chi connectivity index (χ0) is 24.2. The van der Waals surface area contributed by atoms with E-state index in [0.717, 1.165) is 52.5 Å². The molecule has 0 bridgehead atoms. The molecule has 0 saturated heterocycles. The summed E-state index contributed by atoms with van der Waals surface area (Å²) >= 11 is 0. The van der Waals surface area contributed by atoms with Crippen LogP contribution in [0.25, 0.3) is 0 Å². The Hall–Kier alpha value is -3.10. The molecular formula is C26H31N3O4S. The quantitative estimate of drug-likeness (QED) is 0.432. The van der Waals surface area contributed by atoms with Crippen LogP contribution in [0.3, 0.4) is 0 Å². The number of para-hydroxylation sites is 1. The summed E-state index contributed by atoms with van der Waals surface area (Å²) in [5, 5.41) is 14.2. The van der Waals surface area contributed by atoms with E-state index in [1.807, 2.05) is 43.3 Å². The monoisotopic (exact) mass is 481 g/mol. The maximum atomic E-state index is 13.4. The molecule has 2 aromatic carbocycles. The van der Waals surface area contributed by atoms with Gasteiger partial charge in [0, 0.05) is 24.7 Å². The zero-order valence-corrected chi connectivity index (χ0v) is 20.9. The van der Waals surface area contributed by atoms with Crippen molar-refractivity contribution >= 4 is 22.2 Å². The lowest BCUT2D eigenvalue weighted by atomic mass is 10.1. The van der Waals surface area contributed by atoms with Crippen molar-refractivity contribution in [1.29, 1.82) is 0 Å². The van der Waals surface area contributed by atoms with Gasteiger partial charge in [0.15, 0.2) is 16.5 Å². The molecular weight excluding hydrogens is 450 g/mol. The van der Waals surface area contributed by atoms with Crippen molar-refractivity contribution in [1.82, 2.24) is 10.3 Å². The largest absolute Gasteiger partial charge is 0.504 e. The number of nitrogens with one attached hydrogen (secondary N) is 1. The van der Waals surface area contributed by atoms with Crippen LogP contribution >= 0.6 is 0 Å². The molecule has 8 heteroatoms. The first-order valence-electron chi connectivity index (χ1n) is 11.4. The molecule has 2 heterocycles. The second-order valence-corrected chi connectivity index (χ2v) is 9.54. The summed E-state index contributed by atoms with van der Waals surface area (Å²) in [6.07, 6.45) is 0.844. The molecule has 7 nitrogen and oxygen atoms in total. The van der Waals surface area contributed by atoms with Crippen molar-refractivity contribution in [3.8, 4) is 17.4 Å². The Morgan fingerprint density at radius 2 is 1.97 bits per heavy atom. The number of aromatic hydroxyl groups is 1. The lowest BCUT2D eigenvalue weighted by Crippen LogP contribution is -2.29. The molecule has 1 aliphatic rings. The van der Waals surface area contributed by atoms with E-state index in [1.54, 1.807) is 13.2 Å². The molecule has 180 valence electrons. The fourth-order valence-electron chi connectivity index (χ4n) is 4.16. The van der Waals surface area contributed by atoms with Crippen LogP contribution in [0.15, 0.2) is 52.4 Å². The van der Waals surface area contributed by atoms with Crippen LogP contribution in [0, 0.1) is 13.8 Å². The summed E-state index contributed by atoms with van der Waals surface area (Å²) in [5.74, 6) is 1.13. The number of ether oxygens (including phenoxy) is 2. The predicted molar refractivity (Wildman–Crippen MR) is 134 cm³/mol. The van der Waals surface area contributed by atoms with Crippen LogP contribution in [0.4, 0.5) is 11.4 Å². The van der Waals surface area contributed by atoms with Gasteiger partial charge >= 0.3 is 0 Å². The molecule has 0 fully saturated rings. The maximum Gasteiger partial charge on any atom is 0.214 e. The van der Waals surface area contributed by atoms with E-state index in [1.165, 1.54) is 0 Å². The van der Waals surface area contributed by atoms with Gasteiger partial charge in [-0.2, -0.15) is 0 Å². The van der Waals surface area contributed by atoms with E-state index < -0.39 is 10.8 Å². The molecule has 0 amide bonds. The molecule has 2 N–H and O–H groups in total.